The minimum atomic E-state index is 0.444. The maximum absolute atomic E-state index is 3.47. The maximum atomic E-state index is 3.47. The van der Waals surface area contributed by atoms with Crippen molar-refractivity contribution >= 4 is 5.69 Å². The van der Waals surface area contributed by atoms with Gasteiger partial charge in [-0.1, -0.05) is 25.5 Å². The molecule has 2 saturated carbocycles. The predicted molar refractivity (Wildman–Crippen MR) is 90.7 cm³/mol. The SMILES string of the molecule is CCNC(C)c1ccc(N(C)CC2CC3CCC2C3)cc1. The first-order valence-corrected chi connectivity index (χ1v) is 8.71. The number of anilines is 1. The summed E-state index contributed by atoms with van der Waals surface area (Å²) in [4.78, 5) is 2.47. The van der Waals surface area contributed by atoms with Crippen LogP contribution in [0.25, 0.3) is 0 Å². The number of hydrogen-bond acceptors (Lipinski definition) is 2. The summed E-state index contributed by atoms with van der Waals surface area (Å²) in [5, 5.41) is 3.47. The van der Waals surface area contributed by atoms with Gasteiger partial charge in [-0.15, -0.1) is 0 Å². The third-order valence-corrected chi connectivity index (χ3v) is 5.74. The van der Waals surface area contributed by atoms with Crippen LogP contribution in [0, 0.1) is 17.8 Å². The van der Waals surface area contributed by atoms with Crippen LogP contribution in [0.3, 0.4) is 0 Å². The van der Waals surface area contributed by atoms with E-state index in [1.807, 2.05) is 0 Å². The van der Waals surface area contributed by atoms with E-state index >= 15 is 0 Å². The molecule has 0 aliphatic heterocycles. The second kappa shape index (κ2) is 6.39. The third kappa shape index (κ3) is 3.26. The Kier molecular flexibility index (Phi) is 4.54. The Labute approximate surface area is 129 Å². The van der Waals surface area contributed by atoms with Crippen molar-refractivity contribution in [3.63, 3.8) is 0 Å². The number of nitrogens with one attached hydrogen (secondary N) is 1. The van der Waals surface area contributed by atoms with Crippen molar-refractivity contribution < 1.29 is 0 Å². The molecule has 4 unspecified atom stereocenters. The fourth-order valence-electron chi connectivity index (χ4n) is 4.50. The van der Waals surface area contributed by atoms with E-state index in [0.717, 1.165) is 24.3 Å². The van der Waals surface area contributed by atoms with E-state index in [0.29, 0.717) is 6.04 Å². The molecular formula is C19H30N2. The zero-order chi connectivity index (χ0) is 14.8. The summed E-state index contributed by atoms with van der Waals surface area (Å²) in [5.74, 6) is 3.01. The van der Waals surface area contributed by atoms with Gasteiger partial charge in [0.1, 0.15) is 0 Å². The highest BCUT2D eigenvalue weighted by Gasteiger charge is 2.39. The molecule has 0 saturated heterocycles. The number of rotatable bonds is 6. The molecule has 3 rings (SSSR count). The van der Waals surface area contributed by atoms with Gasteiger partial charge in [0, 0.05) is 25.3 Å². The average Bonchev–Trinajstić information content (AvgIpc) is 3.10. The van der Waals surface area contributed by atoms with Gasteiger partial charge < -0.3 is 10.2 Å². The lowest BCUT2D eigenvalue weighted by atomic mass is 9.88. The fourth-order valence-corrected chi connectivity index (χ4v) is 4.50. The predicted octanol–water partition coefficient (Wildman–Crippen LogP) is 4.23. The minimum Gasteiger partial charge on any atom is -0.374 e. The van der Waals surface area contributed by atoms with E-state index in [9.17, 15) is 0 Å². The summed E-state index contributed by atoms with van der Waals surface area (Å²) in [6.45, 7) is 6.65. The van der Waals surface area contributed by atoms with E-state index in [1.165, 1.54) is 43.5 Å². The second-order valence-electron chi connectivity index (χ2n) is 7.19. The largest absolute Gasteiger partial charge is 0.374 e. The minimum absolute atomic E-state index is 0.444. The van der Waals surface area contributed by atoms with Crippen molar-refractivity contribution in [1.82, 2.24) is 5.32 Å². The Bertz CT molecular complexity index is 453. The molecule has 2 bridgehead atoms. The first-order valence-electron chi connectivity index (χ1n) is 8.71. The number of nitrogens with zero attached hydrogens (tertiary/aromatic N) is 1. The van der Waals surface area contributed by atoms with Crippen LogP contribution < -0.4 is 10.2 Å². The summed E-state index contributed by atoms with van der Waals surface area (Å²) >= 11 is 0. The highest BCUT2D eigenvalue weighted by atomic mass is 15.1. The van der Waals surface area contributed by atoms with E-state index in [4.69, 9.17) is 0 Å². The van der Waals surface area contributed by atoms with Crippen LogP contribution in [-0.2, 0) is 0 Å². The van der Waals surface area contributed by atoms with Crippen molar-refractivity contribution in [3.05, 3.63) is 29.8 Å². The first kappa shape index (κ1) is 14.9. The van der Waals surface area contributed by atoms with Crippen molar-refractivity contribution in [1.29, 1.82) is 0 Å². The van der Waals surface area contributed by atoms with Gasteiger partial charge in [-0.3, -0.25) is 0 Å². The highest BCUT2D eigenvalue weighted by molar-refractivity contribution is 5.47. The van der Waals surface area contributed by atoms with Gasteiger partial charge in [0.15, 0.2) is 0 Å². The van der Waals surface area contributed by atoms with Crippen LogP contribution in [0.1, 0.15) is 51.1 Å². The van der Waals surface area contributed by atoms with Crippen molar-refractivity contribution in [2.75, 3.05) is 25.0 Å². The van der Waals surface area contributed by atoms with Crippen LogP contribution in [-0.4, -0.2) is 20.1 Å². The van der Waals surface area contributed by atoms with Gasteiger partial charge in [0.05, 0.1) is 0 Å². The molecule has 1 aromatic carbocycles. The summed E-state index contributed by atoms with van der Waals surface area (Å²) in [6, 6.07) is 9.58. The zero-order valence-electron chi connectivity index (χ0n) is 13.8. The summed E-state index contributed by atoms with van der Waals surface area (Å²) in [6.07, 6.45) is 5.98. The zero-order valence-corrected chi connectivity index (χ0v) is 13.8. The van der Waals surface area contributed by atoms with Crippen molar-refractivity contribution in [2.24, 2.45) is 17.8 Å². The Balaban J connectivity index is 1.58. The molecule has 1 N–H and O–H groups in total. The lowest BCUT2D eigenvalue weighted by Crippen LogP contribution is -2.28. The van der Waals surface area contributed by atoms with Crippen LogP contribution >= 0.6 is 0 Å². The van der Waals surface area contributed by atoms with Gasteiger partial charge in [-0.2, -0.15) is 0 Å². The Morgan fingerprint density at radius 2 is 1.95 bits per heavy atom. The molecule has 2 heteroatoms. The molecular weight excluding hydrogens is 256 g/mol. The molecule has 2 aliphatic rings. The topological polar surface area (TPSA) is 15.3 Å². The molecule has 4 atom stereocenters. The Morgan fingerprint density at radius 3 is 2.52 bits per heavy atom. The smallest absolute Gasteiger partial charge is 0.0363 e. The maximum Gasteiger partial charge on any atom is 0.0363 e. The molecule has 21 heavy (non-hydrogen) atoms. The van der Waals surface area contributed by atoms with Gasteiger partial charge in [0.2, 0.25) is 0 Å². The summed E-state index contributed by atoms with van der Waals surface area (Å²) in [7, 11) is 2.26. The monoisotopic (exact) mass is 286 g/mol. The number of benzene rings is 1. The molecule has 2 fully saturated rings. The highest BCUT2D eigenvalue weighted by Crippen LogP contribution is 2.48. The molecule has 0 radical (unpaired) electrons. The lowest BCUT2D eigenvalue weighted by molar-refractivity contribution is 0.337. The van der Waals surface area contributed by atoms with Gasteiger partial charge in [-0.05, 0) is 68.2 Å². The Hall–Kier alpha value is -1.02. The summed E-state index contributed by atoms with van der Waals surface area (Å²) in [5.41, 5.74) is 2.75. The van der Waals surface area contributed by atoms with Gasteiger partial charge in [-0.25, -0.2) is 0 Å². The summed E-state index contributed by atoms with van der Waals surface area (Å²) < 4.78 is 0. The van der Waals surface area contributed by atoms with Crippen LogP contribution in [0.15, 0.2) is 24.3 Å². The molecule has 0 aromatic heterocycles. The van der Waals surface area contributed by atoms with Gasteiger partial charge >= 0.3 is 0 Å². The molecule has 0 spiro atoms. The Morgan fingerprint density at radius 1 is 1.19 bits per heavy atom. The number of fused-ring (bicyclic) bond motifs is 2. The van der Waals surface area contributed by atoms with Crippen LogP contribution in [0.4, 0.5) is 5.69 Å². The third-order valence-electron chi connectivity index (χ3n) is 5.74. The molecule has 116 valence electrons. The number of hydrogen-bond donors (Lipinski definition) is 1. The second-order valence-corrected chi connectivity index (χ2v) is 7.19. The van der Waals surface area contributed by atoms with E-state index in [2.05, 4.69) is 55.4 Å². The quantitative estimate of drug-likeness (QED) is 0.842. The molecule has 0 heterocycles. The van der Waals surface area contributed by atoms with Crippen molar-refractivity contribution in [2.45, 2.75) is 45.6 Å². The first-order chi connectivity index (χ1) is 10.2. The van der Waals surface area contributed by atoms with E-state index in [-0.39, 0.29) is 0 Å². The molecule has 2 nitrogen and oxygen atoms in total. The van der Waals surface area contributed by atoms with E-state index < -0.39 is 0 Å². The van der Waals surface area contributed by atoms with E-state index in [1.54, 1.807) is 0 Å². The standard InChI is InChI=1S/C19H30N2/c1-4-20-14(2)16-7-9-19(10-8-16)21(3)13-18-12-15-5-6-17(18)11-15/h7-10,14-15,17-18,20H,4-6,11-13H2,1-3H3. The normalized spacial score (nSPS) is 28.8. The average molecular weight is 286 g/mol. The van der Waals surface area contributed by atoms with Crippen LogP contribution in [0.2, 0.25) is 0 Å². The molecule has 0 amide bonds. The fraction of sp³-hybridized carbons (Fsp3) is 0.684. The van der Waals surface area contributed by atoms with Crippen LogP contribution in [0.5, 0.6) is 0 Å². The molecule has 1 aromatic rings. The van der Waals surface area contributed by atoms with Gasteiger partial charge in [0.25, 0.3) is 0 Å². The molecule has 2 aliphatic carbocycles. The van der Waals surface area contributed by atoms with Crippen molar-refractivity contribution in [3.8, 4) is 0 Å². The lowest BCUT2D eigenvalue weighted by Gasteiger charge is -2.29.